The molecule has 41 heavy (non-hydrogen) atoms. The monoisotopic (exact) mass is 611 g/mol. The smallest absolute Gasteiger partial charge is 0.264 e. The number of para-hydroxylation sites is 1. The Balaban J connectivity index is 1.45. The number of sulfonamides is 1. The normalized spacial score (nSPS) is 11.3. The van der Waals surface area contributed by atoms with E-state index in [-0.39, 0.29) is 4.90 Å². The van der Waals surface area contributed by atoms with Crippen LogP contribution >= 0.6 is 23.2 Å². The molecule has 1 N–H and O–H groups in total. The van der Waals surface area contributed by atoms with Crippen LogP contribution in [-0.4, -0.2) is 33.7 Å². The number of nitrogens with one attached hydrogen (secondary N) is 1. The fourth-order valence-electron chi connectivity index (χ4n) is 3.72. The fraction of sp³-hybridized carbons (Fsp3) is 0.133. The van der Waals surface area contributed by atoms with E-state index in [1.807, 2.05) is 19.1 Å². The molecule has 0 atom stereocenters. The second-order valence-corrected chi connectivity index (χ2v) is 11.4. The van der Waals surface area contributed by atoms with Crippen molar-refractivity contribution < 1.29 is 22.7 Å². The van der Waals surface area contributed by atoms with Crippen LogP contribution in [0.25, 0.3) is 0 Å². The number of carbonyl (C=O) groups excluding carboxylic acids is 1. The molecule has 0 aliphatic carbocycles. The summed E-state index contributed by atoms with van der Waals surface area (Å²) in [5.74, 6) is 0.436. The molecule has 4 aromatic rings. The third-order valence-corrected chi connectivity index (χ3v) is 8.00. The number of benzene rings is 4. The molecule has 4 rings (SSSR count). The highest BCUT2D eigenvalue weighted by Crippen LogP contribution is 2.29. The van der Waals surface area contributed by atoms with Crippen LogP contribution in [0.3, 0.4) is 0 Å². The summed E-state index contributed by atoms with van der Waals surface area (Å²) in [7, 11) is -4.06. The van der Waals surface area contributed by atoms with Gasteiger partial charge in [-0.05, 0) is 84.8 Å². The number of anilines is 1. The molecule has 0 bridgehead atoms. The lowest BCUT2D eigenvalue weighted by Gasteiger charge is -2.23. The molecule has 0 heterocycles. The van der Waals surface area contributed by atoms with Crippen LogP contribution < -0.4 is 19.2 Å². The van der Waals surface area contributed by atoms with Crippen LogP contribution in [0.1, 0.15) is 18.1 Å². The van der Waals surface area contributed by atoms with Gasteiger partial charge in [0.15, 0.2) is 11.5 Å². The van der Waals surface area contributed by atoms with Crippen molar-refractivity contribution >= 4 is 51.0 Å². The molecule has 0 aromatic heterocycles. The average molecular weight is 613 g/mol. The summed E-state index contributed by atoms with van der Waals surface area (Å²) in [5, 5.41) is 5.06. The molecule has 0 radical (unpaired) electrons. The number of ether oxygens (including phenoxy) is 2. The first kappa shape index (κ1) is 29.9. The molecule has 0 saturated heterocycles. The minimum absolute atomic E-state index is 0.00359. The van der Waals surface area contributed by atoms with Gasteiger partial charge in [0.2, 0.25) is 0 Å². The van der Waals surface area contributed by atoms with Gasteiger partial charge in [-0.1, -0.05) is 53.5 Å². The second-order valence-electron chi connectivity index (χ2n) is 8.65. The highest BCUT2D eigenvalue weighted by atomic mass is 35.5. The van der Waals surface area contributed by atoms with E-state index in [4.69, 9.17) is 32.7 Å². The van der Waals surface area contributed by atoms with Gasteiger partial charge in [-0.25, -0.2) is 13.8 Å². The van der Waals surface area contributed by atoms with Crippen LogP contribution in [-0.2, 0) is 21.4 Å². The Kier molecular flexibility index (Phi) is 10.2. The molecule has 0 spiro atoms. The van der Waals surface area contributed by atoms with Crippen molar-refractivity contribution in [1.82, 2.24) is 5.43 Å². The van der Waals surface area contributed by atoms with Crippen molar-refractivity contribution in [3.63, 3.8) is 0 Å². The van der Waals surface area contributed by atoms with Crippen LogP contribution in [0.2, 0.25) is 10.0 Å². The Hall–Kier alpha value is -4.05. The molecular formula is C30H27Cl2N3O5S. The topological polar surface area (TPSA) is 97.3 Å². The molecule has 1 amide bonds. The molecule has 0 saturated carbocycles. The highest BCUT2D eigenvalue weighted by Gasteiger charge is 2.27. The summed E-state index contributed by atoms with van der Waals surface area (Å²) in [4.78, 5) is 12.8. The van der Waals surface area contributed by atoms with E-state index in [0.29, 0.717) is 46.0 Å². The lowest BCUT2D eigenvalue weighted by atomic mass is 10.2. The van der Waals surface area contributed by atoms with Gasteiger partial charge in [-0.15, -0.1) is 0 Å². The number of rotatable bonds is 12. The van der Waals surface area contributed by atoms with E-state index in [2.05, 4.69) is 10.5 Å². The standard InChI is InChI=1S/C30H27Cl2N3O5S/c1-2-39-29-18-23(10-17-28(29)40-21-22-8-11-24(31)12-9-22)19-33-34-30(36)20-35(26-6-4-3-5-7-26)41(37,38)27-15-13-25(32)14-16-27/h3-19H,2,20-21H2,1H3,(H,34,36)/b33-19-. The predicted molar refractivity (Wildman–Crippen MR) is 162 cm³/mol. The lowest BCUT2D eigenvalue weighted by molar-refractivity contribution is -0.119. The van der Waals surface area contributed by atoms with Crippen LogP contribution in [0, 0.1) is 0 Å². The quantitative estimate of drug-likeness (QED) is 0.149. The Labute approximate surface area is 249 Å². The molecule has 0 aliphatic heterocycles. The van der Waals surface area contributed by atoms with E-state index in [1.165, 1.54) is 30.5 Å². The zero-order valence-electron chi connectivity index (χ0n) is 22.0. The van der Waals surface area contributed by atoms with Crippen LogP contribution in [0.15, 0.2) is 107 Å². The van der Waals surface area contributed by atoms with Crippen molar-refractivity contribution in [2.24, 2.45) is 5.10 Å². The van der Waals surface area contributed by atoms with E-state index >= 15 is 0 Å². The first-order chi connectivity index (χ1) is 19.8. The van der Waals surface area contributed by atoms with Crippen molar-refractivity contribution in [2.45, 2.75) is 18.4 Å². The van der Waals surface area contributed by atoms with Gasteiger partial charge in [0, 0.05) is 10.0 Å². The van der Waals surface area contributed by atoms with Crippen molar-refractivity contribution in [1.29, 1.82) is 0 Å². The van der Waals surface area contributed by atoms with Crippen LogP contribution in [0.5, 0.6) is 11.5 Å². The summed E-state index contributed by atoms with van der Waals surface area (Å²) in [6, 6.07) is 26.7. The molecule has 0 unspecified atom stereocenters. The minimum atomic E-state index is -4.06. The van der Waals surface area contributed by atoms with Crippen molar-refractivity contribution in [2.75, 3.05) is 17.5 Å². The number of hydrazone groups is 1. The van der Waals surface area contributed by atoms with Gasteiger partial charge >= 0.3 is 0 Å². The minimum Gasteiger partial charge on any atom is -0.490 e. The molecule has 8 nitrogen and oxygen atoms in total. The lowest BCUT2D eigenvalue weighted by Crippen LogP contribution is -2.39. The summed E-state index contributed by atoms with van der Waals surface area (Å²) in [6.07, 6.45) is 1.43. The summed E-state index contributed by atoms with van der Waals surface area (Å²) < 4.78 is 39.5. The zero-order chi connectivity index (χ0) is 29.2. The van der Waals surface area contributed by atoms with Gasteiger partial charge in [-0.2, -0.15) is 5.10 Å². The Morgan fingerprint density at radius 3 is 2.20 bits per heavy atom. The average Bonchev–Trinajstić information content (AvgIpc) is 2.97. The maximum atomic E-state index is 13.4. The Morgan fingerprint density at radius 2 is 1.54 bits per heavy atom. The first-order valence-electron chi connectivity index (χ1n) is 12.6. The number of hydrogen-bond acceptors (Lipinski definition) is 6. The number of hydrogen-bond donors (Lipinski definition) is 1. The maximum Gasteiger partial charge on any atom is 0.264 e. The highest BCUT2D eigenvalue weighted by molar-refractivity contribution is 7.92. The molecule has 212 valence electrons. The van der Waals surface area contributed by atoms with E-state index in [9.17, 15) is 13.2 Å². The van der Waals surface area contributed by atoms with Gasteiger partial charge in [0.05, 0.1) is 23.4 Å². The van der Waals surface area contributed by atoms with E-state index < -0.39 is 22.5 Å². The molecule has 0 aliphatic rings. The van der Waals surface area contributed by atoms with Gasteiger partial charge < -0.3 is 9.47 Å². The number of nitrogens with zero attached hydrogens (tertiary/aromatic N) is 2. The number of amides is 1. The molecule has 0 fully saturated rings. The maximum absolute atomic E-state index is 13.4. The number of halogens is 2. The zero-order valence-corrected chi connectivity index (χ0v) is 24.4. The fourth-order valence-corrected chi connectivity index (χ4v) is 5.39. The van der Waals surface area contributed by atoms with Gasteiger partial charge in [0.25, 0.3) is 15.9 Å². The largest absolute Gasteiger partial charge is 0.490 e. The Bertz CT molecular complexity index is 1600. The van der Waals surface area contributed by atoms with E-state index in [1.54, 1.807) is 60.7 Å². The predicted octanol–water partition coefficient (Wildman–Crippen LogP) is 6.32. The first-order valence-corrected chi connectivity index (χ1v) is 14.7. The third-order valence-electron chi connectivity index (χ3n) is 5.71. The Morgan fingerprint density at radius 1 is 0.878 bits per heavy atom. The van der Waals surface area contributed by atoms with Gasteiger partial charge in [-0.3, -0.25) is 9.10 Å². The summed E-state index contributed by atoms with van der Waals surface area (Å²) >= 11 is 11.9. The second kappa shape index (κ2) is 14.0. The summed E-state index contributed by atoms with van der Waals surface area (Å²) in [5.41, 5.74) is 4.32. The molecule has 4 aromatic carbocycles. The van der Waals surface area contributed by atoms with E-state index in [0.717, 1.165) is 9.87 Å². The summed E-state index contributed by atoms with van der Waals surface area (Å²) in [6.45, 7) is 2.12. The molecule has 11 heteroatoms. The SMILES string of the molecule is CCOc1cc(/C=N\NC(=O)CN(c2ccccc2)S(=O)(=O)c2ccc(Cl)cc2)ccc1OCc1ccc(Cl)cc1. The van der Waals surface area contributed by atoms with Crippen LogP contribution in [0.4, 0.5) is 5.69 Å². The number of carbonyl (C=O) groups is 1. The van der Waals surface area contributed by atoms with Crippen molar-refractivity contribution in [3.8, 4) is 11.5 Å². The third kappa shape index (κ3) is 8.23. The van der Waals surface area contributed by atoms with Crippen molar-refractivity contribution in [3.05, 3.63) is 118 Å². The van der Waals surface area contributed by atoms with Gasteiger partial charge in [0.1, 0.15) is 13.2 Å². The molecular weight excluding hydrogens is 585 g/mol.